The van der Waals surface area contributed by atoms with Crippen LogP contribution in [0.3, 0.4) is 0 Å². The zero-order chi connectivity index (χ0) is 19.1. The van der Waals surface area contributed by atoms with E-state index in [0.717, 1.165) is 31.6 Å². The summed E-state index contributed by atoms with van der Waals surface area (Å²) in [6.45, 7) is 3.93. The maximum absolute atomic E-state index is 12.7. The molecule has 1 unspecified atom stereocenters. The number of fused-ring (bicyclic) bond motifs is 1. The molecule has 2 aromatic carbocycles. The van der Waals surface area contributed by atoms with Gasteiger partial charge in [0.2, 0.25) is 5.91 Å². The van der Waals surface area contributed by atoms with Gasteiger partial charge in [-0.2, -0.15) is 0 Å². The van der Waals surface area contributed by atoms with Gasteiger partial charge in [0.15, 0.2) is 5.96 Å². The van der Waals surface area contributed by atoms with E-state index < -0.39 is 0 Å². The van der Waals surface area contributed by atoms with Gasteiger partial charge in [0.1, 0.15) is 0 Å². The van der Waals surface area contributed by atoms with Crippen molar-refractivity contribution in [1.29, 1.82) is 0 Å². The molecule has 0 radical (unpaired) electrons. The van der Waals surface area contributed by atoms with E-state index >= 15 is 0 Å². The van der Waals surface area contributed by atoms with Crippen LogP contribution in [0, 0.1) is 0 Å². The largest absolute Gasteiger partial charge is 0.356 e. The van der Waals surface area contributed by atoms with Crippen molar-refractivity contribution in [2.45, 2.75) is 25.7 Å². The molecular weight excluding hydrogens is 336 g/mol. The minimum atomic E-state index is 0.0706. The van der Waals surface area contributed by atoms with E-state index in [0.29, 0.717) is 11.9 Å². The molecule has 1 aliphatic rings. The fourth-order valence-corrected chi connectivity index (χ4v) is 3.42. The molecule has 0 aromatic heterocycles. The van der Waals surface area contributed by atoms with Gasteiger partial charge in [0, 0.05) is 25.8 Å². The van der Waals surface area contributed by atoms with Crippen molar-refractivity contribution in [2.75, 3.05) is 31.6 Å². The summed E-state index contributed by atoms with van der Waals surface area (Å²) in [5.41, 5.74) is 3.56. The average molecular weight is 364 g/mol. The van der Waals surface area contributed by atoms with Crippen LogP contribution in [0.15, 0.2) is 59.6 Å². The second kappa shape index (κ2) is 9.21. The summed E-state index contributed by atoms with van der Waals surface area (Å²) >= 11 is 0. The topological polar surface area (TPSA) is 56.7 Å². The van der Waals surface area contributed by atoms with Crippen molar-refractivity contribution in [3.05, 3.63) is 65.7 Å². The van der Waals surface area contributed by atoms with Crippen LogP contribution in [-0.4, -0.2) is 38.5 Å². The highest BCUT2D eigenvalue weighted by molar-refractivity contribution is 5.98. The summed E-state index contributed by atoms with van der Waals surface area (Å²) in [4.78, 5) is 18.8. The number of carbonyl (C=O) groups is 1. The molecule has 2 aromatic rings. The molecule has 2 N–H and O–H groups in total. The fraction of sp³-hybridized carbons (Fsp3) is 0.364. The van der Waals surface area contributed by atoms with Crippen molar-refractivity contribution in [2.24, 2.45) is 4.99 Å². The third-order valence-corrected chi connectivity index (χ3v) is 4.99. The Morgan fingerprint density at radius 1 is 1.11 bits per heavy atom. The van der Waals surface area contributed by atoms with E-state index in [1.165, 1.54) is 11.1 Å². The Morgan fingerprint density at radius 3 is 2.63 bits per heavy atom. The molecule has 1 amide bonds. The second-order valence-electron chi connectivity index (χ2n) is 6.90. The number of guanidine groups is 1. The van der Waals surface area contributed by atoms with E-state index in [9.17, 15) is 4.79 Å². The number of carbonyl (C=O) groups excluding carboxylic acids is 1. The van der Waals surface area contributed by atoms with E-state index in [2.05, 4.69) is 40.7 Å². The van der Waals surface area contributed by atoms with Crippen LogP contribution in [0.2, 0.25) is 0 Å². The second-order valence-corrected chi connectivity index (χ2v) is 6.90. The molecule has 5 heteroatoms. The Bertz CT molecular complexity index is 788. The zero-order valence-corrected chi connectivity index (χ0v) is 16.1. The highest BCUT2D eigenvalue weighted by atomic mass is 16.2. The monoisotopic (exact) mass is 364 g/mol. The first-order chi connectivity index (χ1) is 13.2. The molecular formula is C22H28N4O. The van der Waals surface area contributed by atoms with Crippen molar-refractivity contribution in [3.63, 3.8) is 0 Å². The standard InChI is InChI=1S/C22H28N4O/c1-17(18-9-4-3-5-10-18)15-24-22(23-2)25-16-21(27)26-14-8-12-19-11-6-7-13-20(19)26/h3-7,9-11,13,17H,8,12,14-16H2,1-2H3,(H2,23,24,25). The number of hydrogen-bond donors (Lipinski definition) is 2. The lowest BCUT2D eigenvalue weighted by Crippen LogP contribution is -2.46. The van der Waals surface area contributed by atoms with Gasteiger partial charge in [-0.3, -0.25) is 9.79 Å². The lowest BCUT2D eigenvalue weighted by molar-refractivity contribution is -0.117. The molecule has 0 fully saturated rings. The lowest BCUT2D eigenvalue weighted by Gasteiger charge is -2.29. The van der Waals surface area contributed by atoms with E-state index in [4.69, 9.17) is 0 Å². The number of hydrogen-bond acceptors (Lipinski definition) is 2. The van der Waals surface area contributed by atoms with Crippen molar-refractivity contribution in [1.82, 2.24) is 10.6 Å². The molecule has 0 saturated carbocycles. The van der Waals surface area contributed by atoms with E-state index in [1.807, 2.05) is 41.3 Å². The van der Waals surface area contributed by atoms with Gasteiger partial charge < -0.3 is 15.5 Å². The third-order valence-electron chi connectivity index (χ3n) is 4.99. The Hall–Kier alpha value is -2.82. The minimum Gasteiger partial charge on any atom is -0.356 e. The predicted molar refractivity (Wildman–Crippen MR) is 111 cm³/mol. The predicted octanol–water partition coefficient (Wildman–Crippen LogP) is 2.93. The third kappa shape index (κ3) is 4.88. The van der Waals surface area contributed by atoms with Crippen LogP contribution in [0.1, 0.15) is 30.4 Å². The minimum absolute atomic E-state index is 0.0706. The fourth-order valence-electron chi connectivity index (χ4n) is 3.42. The summed E-state index contributed by atoms with van der Waals surface area (Å²) in [5, 5.41) is 6.47. The SMILES string of the molecule is CN=C(NCC(=O)N1CCCc2ccccc21)NCC(C)c1ccccc1. The molecule has 1 heterocycles. The Balaban J connectivity index is 1.52. The summed E-state index contributed by atoms with van der Waals surface area (Å²) in [5.74, 6) is 1.08. The molecule has 0 saturated heterocycles. The molecule has 27 heavy (non-hydrogen) atoms. The van der Waals surface area contributed by atoms with Crippen molar-refractivity contribution in [3.8, 4) is 0 Å². The van der Waals surface area contributed by atoms with Crippen LogP contribution in [0.4, 0.5) is 5.69 Å². The molecule has 3 rings (SSSR count). The molecule has 0 spiro atoms. The van der Waals surface area contributed by atoms with E-state index in [-0.39, 0.29) is 12.5 Å². The summed E-state index contributed by atoms with van der Waals surface area (Å²) < 4.78 is 0. The molecule has 1 atom stereocenters. The first-order valence-electron chi connectivity index (χ1n) is 9.56. The maximum Gasteiger partial charge on any atom is 0.246 e. The summed E-state index contributed by atoms with van der Waals surface area (Å²) in [7, 11) is 1.73. The highest BCUT2D eigenvalue weighted by Crippen LogP contribution is 2.26. The lowest BCUT2D eigenvalue weighted by atomic mass is 10.0. The van der Waals surface area contributed by atoms with Gasteiger partial charge in [-0.1, -0.05) is 55.5 Å². The highest BCUT2D eigenvalue weighted by Gasteiger charge is 2.22. The van der Waals surface area contributed by atoms with Gasteiger partial charge in [0.25, 0.3) is 0 Å². The Morgan fingerprint density at radius 2 is 1.85 bits per heavy atom. The first-order valence-corrected chi connectivity index (χ1v) is 9.56. The molecule has 5 nitrogen and oxygen atoms in total. The van der Waals surface area contributed by atoms with Crippen LogP contribution in [0.5, 0.6) is 0 Å². The number of benzene rings is 2. The number of aliphatic imine (C=N–C) groups is 1. The van der Waals surface area contributed by atoms with Gasteiger partial charge >= 0.3 is 0 Å². The number of nitrogens with one attached hydrogen (secondary N) is 2. The van der Waals surface area contributed by atoms with Gasteiger partial charge in [-0.05, 0) is 36.0 Å². The molecule has 142 valence electrons. The van der Waals surface area contributed by atoms with Gasteiger partial charge in [0.05, 0.1) is 6.54 Å². The average Bonchev–Trinajstić information content (AvgIpc) is 2.73. The van der Waals surface area contributed by atoms with Crippen LogP contribution >= 0.6 is 0 Å². The normalized spacial score (nSPS) is 15.0. The number of nitrogens with zero attached hydrogens (tertiary/aromatic N) is 2. The molecule has 0 aliphatic carbocycles. The number of para-hydroxylation sites is 1. The zero-order valence-electron chi connectivity index (χ0n) is 16.1. The van der Waals surface area contributed by atoms with E-state index in [1.54, 1.807) is 7.05 Å². The quantitative estimate of drug-likeness (QED) is 0.634. The number of amides is 1. The van der Waals surface area contributed by atoms with Crippen molar-refractivity contribution < 1.29 is 4.79 Å². The number of anilines is 1. The maximum atomic E-state index is 12.7. The Kier molecular flexibility index (Phi) is 6.47. The van der Waals surface area contributed by atoms with Crippen LogP contribution in [-0.2, 0) is 11.2 Å². The molecule has 1 aliphatic heterocycles. The van der Waals surface area contributed by atoms with Gasteiger partial charge in [-0.25, -0.2) is 0 Å². The summed E-state index contributed by atoms with van der Waals surface area (Å²) in [6, 6.07) is 18.5. The number of aryl methyl sites for hydroxylation is 1. The molecule has 0 bridgehead atoms. The number of rotatable bonds is 5. The van der Waals surface area contributed by atoms with Crippen LogP contribution in [0.25, 0.3) is 0 Å². The first kappa shape index (κ1) is 19.0. The van der Waals surface area contributed by atoms with Gasteiger partial charge in [-0.15, -0.1) is 0 Å². The van der Waals surface area contributed by atoms with Crippen LogP contribution < -0.4 is 15.5 Å². The van der Waals surface area contributed by atoms with Crippen molar-refractivity contribution >= 4 is 17.6 Å². The Labute approximate surface area is 161 Å². The summed E-state index contributed by atoms with van der Waals surface area (Å²) in [6.07, 6.45) is 2.04. The smallest absolute Gasteiger partial charge is 0.246 e.